The van der Waals surface area contributed by atoms with Crippen LogP contribution in [0.25, 0.3) is 0 Å². The summed E-state index contributed by atoms with van der Waals surface area (Å²) in [5, 5.41) is 8.88. The molecular formula is C19H24N2O5S. The number of rotatable bonds is 8. The highest BCUT2D eigenvalue weighted by atomic mass is 32.2. The van der Waals surface area contributed by atoms with Crippen LogP contribution in [0.5, 0.6) is 0 Å². The highest BCUT2D eigenvalue weighted by molar-refractivity contribution is 7.90. The van der Waals surface area contributed by atoms with Crippen LogP contribution in [0.2, 0.25) is 0 Å². The number of hydrogen-bond acceptors (Lipinski definition) is 4. The van der Waals surface area contributed by atoms with Gasteiger partial charge in [-0.15, -0.1) is 0 Å². The predicted octanol–water partition coefficient (Wildman–Crippen LogP) is 2.61. The number of nitrogens with zero attached hydrogens (tertiary/aromatic N) is 2. The Hall–Kier alpha value is -2.61. The molecule has 0 radical (unpaired) electrons. The third kappa shape index (κ3) is 5.19. The lowest BCUT2D eigenvalue weighted by Crippen LogP contribution is -2.35. The fourth-order valence-electron chi connectivity index (χ4n) is 2.61. The van der Waals surface area contributed by atoms with E-state index >= 15 is 0 Å². The van der Waals surface area contributed by atoms with Crippen LogP contribution in [-0.4, -0.2) is 47.4 Å². The molecule has 0 fully saturated rings. The van der Waals surface area contributed by atoms with Crippen LogP contribution in [-0.2, 0) is 14.8 Å². The van der Waals surface area contributed by atoms with E-state index in [2.05, 4.69) is 0 Å². The number of carbonyl (C=O) groups is 2. The van der Waals surface area contributed by atoms with Crippen LogP contribution in [0.15, 0.2) is 47.6 Å². The Kier molecular flexibility index (Phi) is 6.43. The first-order valence-electron chi connectivity index (χ1n) is 8.62. The quantitative estimate of drug-likeness (QED) is 0.745. The molecule has 8 heteroatoms. The number of amides is 1. The van der Waals surface area contributed by atoms with Gasteiger partial charge in [-0.1, -0.05) is 31.5 Å². The van der Waals surface area contributed by atoms with Crippen molar-refractivity contribution in [2.24, 2.45) is 5.92 Å². The topological polar surface area (TPSA) is 96.7 Å². The average Bonchev–Trinajstić information content (AvgIpc) is 3.09. The van der Waals surface area contributed by atoms with Gasteiger partial charge in [0.1, 0.15) is 0 Å². The first-order valence-corrected chi connectivity index (χ1v) is 10.1. The van der Waals surface area contributed by atoms with Gasteiger partial charge in [0.2, 0.25) is 0 Å². The fourth-order valence-corrected chi connectivity index (χ4v) is 3.81. The van der Waals surface area contributed by atoms with Gasteiger partial charge in [0, 0.05) is 25.5 Å². The van der Waals surface area contributed by atoms with E-state index in [-0.39, 0.29) is 35.2 Å². The lowest BCUT2D eigenvalue weighted by Gasteiger charge is -2.23. The zero-order chi connectivity index (χ0) is 20.2. The van der Waals surface area contributed by atoms with Gasteiger partial charge in [-0.2, -0.15) is 0 Å². The molecule has 0 aliphatic heterocycles. The second-order valence-corrected chi connectivity index (χ2v) is 8.68. The molecule has 2 aromatic rings. The number of aryl methyl sites for hydroxylation is 1. The molecule has 0 unspecified atom stereocenters. The summed E-state index contributed by atoms with van der Waals surface area (Å²) in [5.74, 6) is -1.22. The normalized spacial score (nSPS) is 11.6. The SMILES string of the molecule is Cc1ccc(S(=O)(=O)n2ccc(C(=O)N(CCC(=O)O)CC(C)C)c2)cc1. The third-order valence-electron chi connectivity index (χ3n) is 3.98. The van der Waals surface area contributed by atoms with Gasteiger partial charge in [0.05, 0.1) is 16.9 Å². The van der Waals surface area contributed by atoms with Crippen molar-refractivity contribution in [2.45, 2.75) is 32.1 Å². The molecule has 0 saturated heterocycles. The van der Waals surface area contributed by atoms with Gasteiger partial charge in [-0.05, 0) is 31.0 Å². The van der Waals surface area contributed by atoms with E-state index in [1.165, 1.54) is 35.5 Å². The lowest BCUT2D eigenvalue weighted by molar-refractivity contribution is -0.137. The standard InChI is InChI=1S/C19H24N2O5S/c1-14(2)12-20(10-9-18(22)23)19(24)16-8-11-21(13-16)27(25,26)17-6-4-15(3)5-7-17/h4-8,11,13-14H,9-10,12H2,1-3H3,(H,22,23). The zero-order valence-corrected chi connectivity index (χ0v) is 16.4. The summed E-state index contributed by atoms with van der Waals surface area (Å²) in [6, 6.07) is 7.88. The summed E-state index contributed by atoms with van der Waals surface area (Å²) < 4.78 is 26.4. The maximum atomic E-state index is 12.7. The first-order chi connectivity index (χ1) is 12.6. The molecule has 0 bridgehead atoms. The molecule has 0 saturated carbocycles. The molecule has 0 aliphatic carbocycles. The molecule has 0 spiro atoms. The summed E-state index contributed by atoms with van der Waals surface area (Å²) in [7, 11) is -3.79. The molecule has 1 amide bonds. The van der Waals surface area contributed by atoms with Gasteiger partial charge in [-0.3, -0.25) is 9.59 Å². The number of carbonyl (C=O) groups excluding carboxylic acids is 1. The number of hydrogen-bond donors (Lipinski definition) is 1. The van der Waals surface area contributed by atoms with E-state index in [1.807, 2.05) is 20.8 Å². The number of benzene rings is 1. The van der Waals surface area contributed by atoms with Crippen molar-refractivity contribution in [3.8, 4) is 0 Å². The second-order valence-electron chi connectivity index (χ2n) is 6.84. The summed E-state index contributed by atoms with van der Waals surface area (Å²) in [5.41, 5.74) is 1.15. The van der Waals surface area contributed by atoms with Gasteiger partial charge in [0.15, 0.2) is 0 Å². The molecule has 146 valence electrons. The largest absolute Gasteiger partial charge is 0.481 e. The summed E-state index contributed by atoms with van der Waals surface area (Å²) in [4.78, 5) is 25.2. The zero-order valence-electron chi connectivity index (χ0n) is 15.6. The van der Waals surface area contributed by atoms with Crippen molar-refractivity contribution in [1.29, 1.82) is 0 Å². The van der Waals surface area contributed by atoms with Crippen LogP contribution >= 0.6 is 0 Å². The Balaban J connectivity index is 2.27. The Morgan fingerprint density at radius 3 is 2.33 bits per heavy atom. The van der Waals surface area contributed by atoms with Crippen molar-refractivity contribution in [3.63, 3.8) is 0 Å². The Morgan fingerprint density at radius 1 is 1.15 bits per heavy atom. The smallest absolute Gasteiger partial charge is 0.305 e. The predicted molar refractivity (Wildman–Crippen MR) is 101 cm³/mol. The van der Waals surface area contributed by atoms with E-state index in [0.717, 1.165) is 9.54 Å². The van der Waals surface area contributed by atoms with Crippen molar-refractivity contribution in [3.05, 3.63) is 53.9 Å². The summed E-state index contributed by atoms with van der Waals surface area (Å²) in [6.07, 6.45) is 2.43. The molecule has 1 aromatic heterocycles. The highest BCUT2D eigenvalue weighted by Gasteiger charge is 2.22. The maximum absolute atomic E-state index is 12.7. The molecular weight excluding hydrogens is 368 g/mol. The number of carboxylic acids is 1. The number of aliphatic carboxylic acids is 1. The summed E-state index contributed by atoms with van der Waals surface area (Å²) >= 11 is 0. The fraction of sp³-hybridized carbons (Fsp3) is 0.368. The van der Waals surface area contributed by atoms with E-state index in [4.69, 9.17) is 5.11 Å². The van der Waals surface area contributed by atoms with Crippen molar-refractivity contribution in [2.75, 3.05) is 13.1 Å². The number of aromatic nitrogens is 1. The summed E-state index contributed by atoms with van der Waals surface area (Å²) in [6.45, 7) is 6.18. The van der Waals surface area contributed by atoms with Gasteiger partial charge >= 0.3 is 5.97 Å². The Morgan fingerprint density at radius 2 is 1.78 bits per heavy atom. The van der Waals surface area contributed by atoms with Crippen LogP contribution in [0, 0.1) is 12.8 Å². The van der Waals surface area contributed by atoms with Crippen LogP contribution < -0.4 is 0 Å². The van der Waals surface area contributed by atoms with E-state index in [9.17, 15) is 18.0 Å². The monoisotopic (exact) mass is 392 g/mol. The van der Waals surface area contributed by atoms with Gasteiger partial charge in [-0.25, -0.2) is 12.4 Å². The molecule has 1 N–H and O–H groups in total. The highest BCUT2D eigenvalue weighted by Crippen LogP contribution is 2.17. The Labute approximate surface area is 159 Å². The van der Waals surface area contributed by atoms with Crippen molar-refractivity contribution < 1.29 is 23.1 Å². The lowest BCUT2D eigenvalue weighted by atomic mass is 10.2. The molecule has 1 heterocycles. The minimum atomic E-state index is -3.79. The Bertz CT molecular complexity index is 914. The minimum Gasteiger partial charge on any atom is -0.481 e. The molecule has 1 aromatic carbocycles. The van der Waals surface area contributed by atoms with Gasteiger partial charge < -0.3 is 10.0 Å². The average molecular weight is 392 g/mol. The third-order valence-corrected chi connectivity index (χ3v) is 5.63. The minimum absolute atomic E-state index is 0.0717. The molecule has 0 aliphatic rings. The van der Waals surface area contributed by atoms with Crippen LogP contribution in [0.3, 0.4) is 0 Å². The first kappa shape index (κ1) is 20.7. The van der Waals surface area contributed by atoms with E-state index in [1.54, 1.807) is 12.1 Å². The van der Waals surface area contributed by atoms with E-state index < -0.39 is 16.0 Å². The van der Waals surface area contributed by atoms with Crippen molar-refractivity contribution in [1.82, 2.24) is 8.87 Å². The molecule has 0 atom stereocenters. The van der Waals surface area contributed by atoms with Crippen molar-refractivity contribution >= 4 is 21.9 Å². The van der Waals surface area contributed by atoms with Gasteiger partial charge in [0.25, 0.3) is 15.9 Å². The number of carboxylic acid groups (broad SMARTS) is 1. The maximum Gasteiger partial charge on any atom is 0.305 e. The van der Waals surface area contributed by atoms with Crippen LogP contribution in [0.1, 0.15) is 36.2 Å². The molecule has 2 rings (SSSR count). The molecule has 27 heavy (non-hydrogen) atoms. The molecule has 7 nitrogen and oxygen atoms in total. The van der Waals surface area contributed by atoms with E-state index in [0.29, 0.717) is 6.54 Å². The second kappa shape index (κ2) is 8.39. The van der Waals surface area contributed by atoms with Crippen LogP contribution in [0.4, 0.5) is 0 Å².